The molecule has 1 aliphatic rings. The Bertz CT molecular complexity index is 160. The molecule has 0 saturated carbocycles. The van der Waals surface area contributed by atoms with Crippen LogP contribution in [0.1, 0.15) is 13.3 Å². The number of nitrogens with one attached hydrogen (secondary N) is 1. The summed E-state index contributed by atoms with van der Waals surface area (Å²) in [4.78, 5) is 10.7. The molecule has 2 atom stereocenters. The molecule has 0 spiro atoms. The molecular formula is C8H15NO3. The van der Waals surface area contributed by atoms with E-state index in [1.807, 2.05) is 6.92 Å². The summed E-state index contributed by atoms with van der Waals surface area (Å²) >= 11 is 0. The van der Waals surface area contributed by atoms with Gasteiger partial charge in [0.05, 0.1) is 19.8 Å². The molecule has 0 bridgehead atoms. The number of carbonyl (C=O) groups is 1. The Morgan fingerprint density at radius 2 is 2.50 bits per heavy atom. The summed E-state index contributed by atoms with van der Waals surface area (Å²) in [5, 5.41) is 3.08. The molecule has 2 unspecified atom stereocenters. The Balaban J connectivity index is 2.18. The van der Waals surface area contributed by atoms with Gasteiger partial charge in [-0.25, -0.2) is 0 Å². The van der Waals surface area contributed by atoms with Crippen molar-refractivity contribution in [1.82, 2.24) is 5.32 Å². The van der Waals surface area contributed by atoms with Crippen LogP contribution in [0.15, 0.2) is 0 Å². The van der Waals surface area contributed by atoms with Gasteiger partial charge in [-0.05, 0) is 13.3 Å². The Labute approximate surface area is 72.2 Å². The fourth-order valence-electron chi connectivity index (χ4n) is 1.29. The molecule has 4 heteroatoms. The first-order valence-electron chi connectivity index (χ1n) is 4.16. The summed E-state index contributed by atoms with van der Waals surface area (Å²) in [5.41, 5.74) is 0. The summed E-state index contributed by atoms with van der Waals surface area (Å²) < 4.78 is 9.82. The highest BCUT2D eigenvalue weighted by molar-refractivity contribution is 5.71. The SMILES string of the molecule is COC(=O)CNC1CCOC1C. The van der Waals surface area contributed by atoms with Crippen LogP contribution in [0.5, 0.6) is 0 Å². The van der Waals surface area contributed by atoms with Gasteiger partial charge in [-0.2, -0.15) is 0 Å². The molecule has 1 saturated heterocycles. The minimum absolute atomic E-state index is 0.203. The van der Waals surface area contributed by atoms with Gasteiger partial charge in [0.1, 0.15) is 0 Å². The molecule has 1 fully saturated rings. The van der Waals surface area contributed by atoms with Gasteiger partial charge in [0.15, 0.2) is 0 Å². The van der Waals surface area contributed by atoms with E-state index in [-0.39, 0.29) is 18.6 Å². The second-order valence-electron chi connectivity index (χ2n) is 2.93. The van der Waals surface area contributed by atoms with E-state index in [0.29, 0.717) is 6.04 Å². The maximum atomic E-state index is 10.7. The molecular weight excluding hydrogens is 158 g/mol. The van der Waals surface area contributed by atoms with Gasteiger partial charge in [0, 0.05) is 12.6 Å². The van der Waals surface area contributed by atoms with Crippen LogP contribution in [0, 0.1) is 0 Å². The van der Waals surface area contributed by atoms with Crippen LogP contribution in [0.4, 0.5) is 0 Å². The summed E-state index contributed by atoms with van der Waals surface area (Å²) in [7, 11) is 1.39. The van der Waals surface area contributed by atoms with E-state index in [1.165, 1.54) is 7.11 Å². The summed E-state index contributed by atoms with van der Waals surface area (Å²) in [6.07, 6.45) is 1.17. The monoisotopic (exact) mass is 173 g/mol. The largest absolute Gasteiger partial charge is 0.468 e. The van der Waals surface area contributed by atoms with E-state index in [9.17, 15) is 4.79 Å². The zero-order valence-corrected chi connectivity index (χ0v) is 7.50. The van der Waals surface area contributed by atoms with Crippen molar-refractivity contribution in [2.24, 2.45) is 0 Å². The zero-order chi connectivity index (χ0) is 8.97. The van der Waals surface area contributed by atoms with Crippen LogP contribution in [0.3, 0.4) is 0 Å². The molecule has 0 aromatic rings. The van der Waals surface area contributed by atoms with E-state index in [0.717, 1.165) is 13.0 Å². The fraction of sp³-hybridized carbons (Fsp3) is 0.875. The molecule has 0 amide bonds. The Hall–Kier alpha value is -0.610. The van der Waals surface area contributed by atoms with Crippen molar-refractivity contribution in [2.45, 2.75) is 25.5 Å². The fourth-order valence-corrected chi connectivity index (χ4v) is 1.29. The van der Waals surface area contributed by atoms with E-state index in [1.54, 1.807) is 0 Å². The van der Waals surface area contributed by atoms with E-state index in [4.69, 9.17) is 4.74 Å². The number of methoxy groups -OCH3 is 1. The normalized spacial score (nSPS) is 28.8. The van der Waals surface area contributed by atoms with Crippen LogP contribution in [0.25, 0.3) is 0 Å². The van der Waals surface area contributed by atoms with E-state index >= 15 is 0 Å². The predicted molar refractivity (Wildman–Crippen MR) is 43.8 cm³/mol. The van der Waals surface area contributed by atoms with Crippen LogP contribution in [0.2, 0.25) is 0 Å². The van der Waals surface area contributed by atoms with Gasteiger partial charge in [-0.1, -0.05) is 0 Å². The Kier molecular flexibility index (Phi) is 3.49. The second kappa shape index (κ2) is 4.42. The Morgan fingerprint density at radius 3 is 3.00 bits per heavy atom. The Morgan fingerprint density at radius 1 is 1.75 bits per heavy atom. The number of carbonyl (C=O) groups excluding carboxylic acids is 1. The van der Waals surface area contributed by atoms with Gasteiger partial charge in [0.25, 0.3) is 0 Å². The molecule has 0 aromatic heterocycles. The van der Waals surface area contributed by atoms with Crippen molar-refractivity contribution in [3.63, 3.8) is 0 Å². The lowest BCUT2D eigenvalue weighted by atomic mass is 10.1. The average Bonchev–Trinajstić information content (AvgIpc) is 2.47. The maximum Gasteiger partial charge on any atom is 0.319 e. The van der Waals surface area contributed by atoms with Crippen LogP contribution in [-0.2, 0) is 14.3 Å². The summed E-state index contributed by atoms with van der Waals surface area (Å²) in [5.74, 6) is -0.228. The highest BCUT2D eigenvalue weighted by Crippen LogP contribution is 2.11. The minimum Gasteiger partial charge on any atom is -0.468 e. The van der Waals surface area contributed by atoms with Crippen LogP contribution in [-0.4, -0.2) is 38.4 Å². The molecule has 4 nitrogen and oxygen atoms in total. The molecule has 0 radical (unpaired) electrons. The molecule has 1 rings (SSSR count). The summed E-state index contributed by atoms with van der Waals surface area (Å²) in [6, 6.07) is 0.295. The van der Waals surface area contributed by atoms with Gasteiger partial charge in [-0.15, -0.1) is 0 Å². The molecule has 1 N–H and O–H groups in total. The van der Waals surface area contributed by atoms with E-state index < -0.39 is 0 Å². The number of rotatable bonds is 3. The number of hydrogen-bond donors (Lipinski definition) is 1. The van der Waals surface area contributed by atoms with Crippen LogP contribution < -0.4 is 5.32 Å². The van der Waals surface area contributed by atoms with Crippen molar-refractivity contribution in [3.8, 4) is 0 Å². The van der Waals surface area contributed by atoms with Crippen LogP contribution >= 0.6 is 0 Å². The van der Waals surface area contributed by atoms with Crippen molar-refractivity contribution in [2.75, 3.05) is 20.3 Å². The number of hydrogen-bond acceptors (Lipinski definition) is 4. The lowest BCUT2D eigenvalue weighted by Crippen LogP contribution is -2.38. The second-order valence-corrected chi connectivity index (χ2v) is 2.93. The average molecular weight is 173 g/mol. The highest BCUT2D eigenvalue weighted by Gasteiger charge is 2.23. The lowest BCUT2D eigenvalue weighted by Gasteiger charge is -2.14. The molecule has 1 aliphatic heterocycles. The van der Waals surface area contributed by atoms with E-state index in [2.05, 4.69) is 10.1 Å². The lowest BCUT2D eigenvalue weighted by molar-refractivity contribution is -0.139. The summed E-state index contributed by atoms with van der Waals surface area (Å²) in [6.45, 7) is 3.05. The van der Waals surface area contributed by atoms with Gasteiger partial charge in [-0.3, -0.25) is 4.79 Å². The topological polar surface area (TPSA) is 47.6 Å². The molecule has 70 valence electrons. The third kappa shape index (κ3) is 2.46. The standard InChI is InChI=1S/C8H15NO3/c1-6-7(3-4-12-6)9-5-8(10)11-2/h6-7,9H,3-5H2,1-2H3. The van der Waals surface area contributed by atoms with Crippen molar-refractivity contribution >= 4 is 5.97 Å². The predicted octanol–water partition coefficient (Wildman–Crippen LogP) is -0.0736. The first-order valence-corrected chi connectivity index (χ1v) is 4.16. The zero-order valence-electron chi connectivity index (χ0n) is 7.50. The smallest absolute Gasteiger partial charge is 0.319 e. The third-order valence-corrected chi connectivity index (χ3v) is 2.11. The van der Waals surface area contributed by atoms with Crippen molar-refractivity contribution in [3.05, 3.63) is 0 Å². The van der Waals surface area contributed by atoms with Gasteiger partial charge in [0.2, 0.25) is 0 Å². The molecule has 0 aliphatic carbocycles. The first-order chi connectivity index (χ1) is 5.74. The van der Waals surface area contributed by atoms with Gasteiger partial charge < -0.3 is 14.8 Å². The molecule has 0 aromatic carbocycles. The third-order valence-electron chi connectivity index (χ3n) is 2.11. The van der Waals surface area contributed by atoms with Crippen molar-refractivity contribution in [1.29, 1.82) is 0 Å². The number of esters is 1. The minimum atomic E-state index is -0.228. The molecule has 12 heavy (non-hydrogen) atoms. The quantitative estimate of drug-likeness (QED) is 0.607. The van der Waals surface area contributed by atoms with Gasteiger partial charge >= 0.3 is 5.97 Å². The number of ether oxygens (including phenoxy) is 2. The first kappa shape index (κ1) is 9.48. The maximum absolute atomic E-state index is 10.7. The van der Waals surface area contributed by atoms with Crippen molar-refractivity contribution < 1.29 is 14.3 Å². The highest BCUT2D eigenvalue weighted by atomic mass is 16.5. The molecule has 1 heterocycles.